The van der Waals surface area contributed by atoms with Gasteiger partial charge < -0.3 is 29.6 Å². The molecule has 2 aliphatic carbocycles. The molecule has 3 amide bonds. The van der Waals surface area contributed by atoms with Crippen LogP contribution < -0.4 is 20.1 Å². The largest absolute Gasteiger partial charge is 0.490 e. The number of unbranched alkanes of at least 4 members (excludes halogenated alkanes) is 3. The van der Waals surface area contributed by atoms with Crippen LogP contribution in [0.25, 0.3) is 0 Å². The number of ketones is 1. The molecule has 0 saturated heterocycles. The zero-order chi connectivity index (χ0) is 36.1. The number of benzene rings is 1. The summed E-state index contributed by atoms with van der Waals surface area (Å²) >= 11 is 0. The fourth-order valence-electron chi connectivity index (χ4n) is 7.57. The number of alkyl carbamates (subject to hydrolysis) is 1. The molecule has 11 heteroatoms. The van der Waals surface area contributed by atoms with Gasteiger partial charge in [0.1, 0.15) is 11.7 Å². The molecule has 0 aromatic heterocycles. The maximum absolute atomic E-state index is 14.4. The molecular formula is C39H55N3O8. The number of fused-ring (bicyclic) bond motifs is 3. The molecule has 11 nitrogen and oxygen atoms in total. The Kier molecular flexibility index (Phi) is 11.8. The molecule has 1 aromatic rings. The molecule has 0 spiro atoms. The number of nitrogens with zero attached hydrogens (tertiary/aromatic N) is 1. The molecule has 2 N–H and O–H groups in total. The van der Waals surface area contributed by atoms with Gasteiger partial charge in [-0.05, 0) is 77.3 Å². The summed E-state index contributed by atoms with van der Waals surface area (Å²) in [5.41, 5.74) is 0.752. The second-order valence-electron chi connectivity index (χ2n) is 15.2. The predicted octanol–water partition coefficient (Wildman–Crippen LogP) is 6.76. The Labute approximate surface area is 296 Å². The van der Waals surface area contributed by atoms with Gasteiger partial charge in [0.15, 0.2) is 17.3 Å². The number of allylic oxidation sites excluding steroid dienone is 1. The zero-order valence-electron chi connectivity index (χ0n) is 30.2. The molecular weight excluding hydrogens is 638 g/mol. The first-order chi connectivity index (χ1) is 23.9. The molecule has 1 aromatic carbocycles. The van der Waals surface area contributed by atoms with E-state index in [-0.39, 0.29) is 36.0 Å². The van der Waals surface area contributed by atoms with Crippen LogP contribution in [0.5, 0.6) is 11.5 Å². The van der Waals surface area contributed by atoms with Crippen molar-refractivity contribution < 1.29 is 38.1 Å². The third-order valence-electron chi connectivity index (χ3n) is 10.4. The molecule has 6 atom stereocenters. The first-order valence-electron chi connectivity index (χ1n) is 18.3. The summed E-state index contributed by atoms with van der Waals surface area (Å²) in [5.74, 6) is -0.439. The summed E-state index contributed by atoms with van der Waals surface area (Å²) in [6, 6.07) is 2.98. The van der Waals surface area contributed by atoms with E-state index in [9.17, 15) is 19.2 Å². The number of Topliss-reactive ketones (excluding diaryl/α,β-unsaturated/α-hetero) is 1. The van der Waals surface area contributed by atoms with Gasteiger partial charge in [0.2, 0.25) is 5.91 Å². The van der Waals surface area contributed by atoms with Gasteiger partial charge in [0.05, 0.1) is 31.7 Å². The average Bonchev–Trinajstić information content (AvgIpc) is 3.45. The van der Waals surface area contributed by atoms with E-state index in [0.29, 0.717) is 50.6 Å². The standard InChI is InChI=1S/C39H55N3O8/c1-7-10-11-12-13-15-31(40-36(45)50-38(4,5)6)33(43)28-20-27(21-29(28)35(44)41-39(9-3)22-26(39)8-2)49-37(46)42-23-25-16-17-32-34(30(25)24-42)48-19-14-18-47-32/h7-8,16-17,26-29,31H,1-2,9-15,18-24H2,3-6H3,(H,40,45)(H,41,44)/t26-,27+,28?,29-,31+,39-/m1/s1. The van der Waals surface area contributed by atoms with Crippen LogP contribution in [0.2, 0.25) is 0 Å². The lowest BCUT2D eigenvalue weighted by Crippen LogP contribution is -2.49. The fourth-order valence-corrected chi connectivity index (χ4v) is 7.57. The third-order valence-corrected chi connectivity index (χ3v) is 10.4. The highest BCUT2D eigenvalue weighted by Gasteiger charge is 2.54. The number of hydrogen-bond acceptors (Lipinski definition) is 8. The maximum Gasteiger partial charge on any atom is 0.410 e. The van der Waals surface area contributed by atoms with Crippen molar-refractivity contribution in [3.05, 3.63) is 48.6 Å². The van der Waals surface area contributed by atoms with E-state index in [1.165, 1.54) is 0 Å². The van der Waals surface area contributed by atoms with E-state index in [2.05, 4.69) is 23.8 Å². The van der Waals surface area contributed by atoms with Crippen LogP contribution in [0.4, 0.5) is 9.59 Å². The Bertz CT molecular complexity index is 1450. The van der Waals surface area contributed by atoms with Crippen LogP contribution in [0.15, 0.2) is 37.4 Å². The van der Waals surface area contributed by atoms with E-state index in [0.717, 1.165) is 49.7 Å². The molecule has 0 bridgehead atoms. The Balaban J connectivity index is 1.32. The van der Waals surface area contributed by atoms with Crippen LogP contribution in [0, 0.1) is 17.8 Å². The minimum atomic E-state index is -0.851. The van der Waals surface area contributed by atoms with Gasteiger partial charge >= 0.3 is 12.2 Å². The summed E-state index contributed by atoms with van der Waals surface area (Å²) in [7, 11) is 0. The van der Waals surface area contributed by atoms with Gasteiger partial charge in [0, 0.05) is 35.9 Å². The number of carbonyl (C=O) groups is 4. The zero-order valence-corrected chi connectivity index (χ0v) is 30.2. The Morgan fingerprint density at radius 1 is 1.06 bits per heavy atom. The lowest BCUT2D eigenvalue weighted by Gasteiger charge is -2.27. The Morgan fingerprint density at radius 3 is 2.52 bits per heavy atom. The van der Waals surface area contributed by atoms with Crippen molar-refractivity contribution in [2.75, 3.05) is 13.2 Å². The Hall–Kier alpha value is -4.02. The molecule has 2 saturated carbocycles. The van der Waals surface area contributed by atoms with Crippen molar-refractivity contribution in [3.8, 4) is 11.5 Å². The molecule has 4 aliphatic rings. The van der Waals surface area contributed by atoms with E-state index >= 15 is 0 Å². The highest BCUT2D eigenvalue weighted by Crippen LogP contribution is 2.48. The molecule has 2 fully saturated rings. The normalized spacial score (nSPS) is 25.8. The van der Waals surface area contributed by atoms with Gasteiger partial charge in [0.25, 0.3) is 0 Å². The molecule has 274 valence electrons. The molecule has 5 rings (SSSR count). The van der Waals surface area contributed by atoms with Gasteiger partial charge in [-0.2, -0.15) is 0 Å². The number of nitrogens with one attached hydrogen (secondary N) is 2. The maximum atomic E-state index is 14.4. The summed E-state index contributed by atoms with van der Waals surface area (Å²) in [6.07, 6.45) is 8.35. The van der Waals surface area contributed by atoms with Crippen molar-refractivity contribution in [2.45, 2.75) is 128 Å². The van der Waals surface area contributed by atoms with Gasteiger partial charge in [-0.25, -0.2) is 9.59 Å². The molecule has 50 heavy (non-hydrogen) atoms. The summed E-state index contributed by atoms with van der Waals surface area (Å²) in [5, 5.41) is 6.05. The van der Waals surface area contributed by atoms with Crippen LogP contribution in [-0.2, 0) is 32.2 Å². The SMILES string of the molecule is C=CCCCCC[C@H](NC(=O)OC(C)(C)C)C(=O)C1C[C@H](OC(=O)N2Cc3ccc4c(c3C2)OCCCO4)C[C@H]1C(=O)N[C@]1(CC)C[C@H]1C=C. The predicted molar refractivity (Wildman–Crippen MR) is 189 cm³/mol. The third kappa shape index (κ3) is 8.82. The fraction of sp³-hybridized carbons (Fsp3) is 0.641. The number of rotatable bonds is 14. The van der Waals surface area contributed by atoms with Crippen LogP contribution in [0.1, 0.15) is 103 Å². The van der Waals surface area contributed by atoms with Crippen molar-refractivity contribution in [1.82, 2.24) is 15.5 Å². The minimum Gasteiger partial charge on any atom is -0.490 e. The van der Waals surface area contributed by atoms with E-state index in [1.54, 1.807) is 25.7 Å². The first-order valence-corrected chi connectivity index (χ1v) is 18.3. The smallest absolute Gasteiger partial charge is 0.410 e. The van der Waals surface area contributed by atoms with Gasteiger partial charge in [-0.3, -0.25) is 14.5 Å². The summed E-state index contributed by atoms with van der Waals surface area (Å²) in [6.45, 7) is 16.8. The quantitative estimate of drug-likeness (QED) is 0.161. The lowest BCUT2D eigenvalue weighted by molar-refractivity contribution is -0.134. The molecule has 0 radical (unpaired) electrons. The minimum absolute atomic E-state index is 0.166. The average molecular weight is 694 g/mol. The molecule has 1 unspecified atom stereocenters. The van der Waals surface area contributed by atoms with Crippen LogP contribution in [-0.4, -0.2) is 65.3 Å². The van der Waals surface area contributed by atoms with Crippen molar-refractivity contribution in [1.29, 1.82) is 0 Å². The number of ether oxygens (including phenoxy) is 4. The molecule has 2 heterocycles. The topological polar surface area (TPSA) is 132 Å². The summed E-state index contributed by atoms with van der Waals surface area (Å²) < 4.78 is 23.4. The van der Waals surface area contributed by atoms with E-state index < -0.39 is 41.8 Å². The number of hydrogen-bond donors (Lipinski definition) is 2. The van der Waals surface area contributed by atoms with Gasteiger partial charge in [-0.1, -0.05) is 38.0 Å². The lowest BCUT2D eigenvalue weighted by atomic mass is 9.85. The van der Waals surface area contributed by atoms with Crippen molar-refractivity contribution in [3.63, 3.8) is 0 Å². The second kappa shape index (κ2) is 15.9. The van der Waals surface area contributed by atoms with Crippen LogP contribution >= 0.6 is 0 Å². The van der Waals surface area contributed by atoms with E-state index in [1.807, 2.05) is 31.2 Å². The monoisotopic (exact) mass is 693 g/mol. The summed E-state index contributed by atoms with van der Waals surface area (Å²) in [4.78, 5) is 56.6. The second-order valence-corrected chi connectivity index (χ2v) is 15.2. The van der Waals surface area contributed by atoms with Crippen LogP contribution in [0.3, 0.4) is 0 Å². The first kappa shape index (κ1) is 37.2. The van der Waals surface area contributed by atoms with E-state index in [4.69, 9.17) is 18.9 Å². The highest BCUT2D eigenvalue weighted by molar-refractivity contribution is 5.94. The van der Waals surface area contributed by atoms with Crippen molar-refractivity contribution >= 4 is 23.9 Å². The Morgan fingerprint density at radius 2 is 1.82 bits per heavy atom. The number of carbonyl (C=O) groups excluding carboxylic acids is 4. The highest BCUT2D eigenvalue weighted by atomic mass is 16.6. The van der Waals surface area contributed by atoms with Gasteiger partial charge in [-0.15, -0.1) is 13.2 Å². The molecule has 2 aliphatic heterocycles. The van der Waals surface area contributed by atoms with Crippen molar-refractivity contribution in [2.24, 2.45) is 17.8 Å². The number of amides is 3.